The van der Waals surface area contributed by atoms with Crippen LogP contribution in [-0.4, -0.2) is 25.4 Å². The van der Waals surface area contributed by atoms with Crippen LogP contribution in [-0.2, 0) is 11.2 Å². The van der Waals surface area contributed by atoms with Crippen LogP contribution in [0.5, 0.6) is 0 Å². The Morgan fingerprint density at radius 1 is 1.29 bits per heavy atom. The van der Waals surface area contributed by atoms with E-state index in [4.69, 9.17) is 4.74 Å². The van der Waals surface area contributed by atoms with E-state index in [-0.39, 0.29) is 18.8 Å². The van der Waals surface area contributed by atoms with Gasteiger partial charge in [-0.05, 0) is 36.9 Å². The second-order valence-corrected chi connectivity index (χ2v) is 5.40. The number of aryl methyl sites for hydroxylation is 1. The van der Waals surface area contributed by atoms with Gasteiger partial charge in [0.2, 0.25) is 0 Å². The lowest BCUT2D eigenvalue weighted by atomic mass is 9.97. The second kappa shape index (κ2) is 7.27. The van der Waals surface area contributed by atoms with E-state index >= 15 is 0 Å². The Kier molecular flexibility index (Phi) is 5.65. The molecular formula is C16H22F3NO. The summed E-state index contributed by atoms with van der Waals surface area (Å²) in [6.45, 7) is 2.50. The molecule has 0 bridgehead atoms. The summed E-state index contributed by atoms with van der Waals surface area (Å²) in [5.74, 6) is 0. The molecule has 2 atom stereocenters. The highest BCUT2D eigenvalue weighted by Gasteiger charge is 2.30. The zero-order chi connectivity index (χ0) is 15.3. The minimum Gasteiger partial charge on any atom is -0.376 e. The Balaban J connectivity index is 2.09. The number of likely N-dealkylation sites (N-methyl/N-ethyl adjacent to an activating group) is 1. The van der Waals surface area contributed by atoms with Gasteiger partial charge in [-0.2, -0.15) is 13.2 Å². The lowest BCUT2D eigenvalue weighted by Gasteiger charge is -2.28. The summed E-state index contributed by atoms with van der Waals surface area (Å²) in [5, 5.41) is 3.37. The standard InChI is InChI=1S/C16H22F3NO/c1-2-20-15-13-8-4-3-6-12(13)7-5-9-14(15)21-11-10-16(17,18)19/h3-4,6,8,14-15,20H,2,5,7,9-11H2,1H3. The van der Waals surface area contributed by atoms with Crippen molar-refractivity contribution in [2.45, 2.75) is 50.9 Å². The third-order valence-electron chi connectivity index (χ3n) is 3.84. The molecule has 0 aromatic heterocycles. The molecule has 2 nitrogen and oxygen atoms in total. The third-order valence-corrected chi connectivity index (χ3v) is 3.84. The van der Waals surface area contributed by atoms with Crippen LogP contribution in [0.4, 0.5) is 13.2 Å². The van der Waals surface area contributed by atoms with Crippen molar-refractivity contribution in [3.05, 3.63) is 35.4 Å². The molecule has 1 aromatic rings. The summed E-state index contributed by atoms with van der Waals surface area (Å²) >= 11 is 0. The zero-order valence-electron chi connectivity index (χ0n) is 12.2. The molecule has 1 aliphatic carbocycles. The maximum Gasteiger partial charge on any atom is 0.391 e. The SMILES string of the molecule is CCNC1c2ccccc2CCCC1OCCC(F)(F)F. The first kappa shape index (κ1) is 16.3. The van der Waals surface area contributed by atoms with Gasteiger partial charge in [-0.15, -0.1) is 0 Å². The Labute approximate surface area is 123 Å². The summed E-state index contributed by atoms with van der Waals surface area (Å²) in [6.07, 6.45) is -2.56. The van der Waals surface area contributed by atoms with Crippen molar-refractivity contribution in [1.82, 2.24) is 5.32 Å². The van der Waals surface area contributed by atoms with Crippen molar-refractivity contribution in [3.8, 4) is 0 Å². The number of rotatable bonds is 5. The number of hydrogen-bond acceptors (Lipinski definition) is 2. The van der Waals surface area contributed by atoms with Crippen molar-refractivity contribution in [1.29, 1.82) is 0 Å². The minimum absolute atomic E-state index is 0.0260. The number of fused-ring (bicyclic) bond motifs is 1. The molecule has 2 rings (SSSR count). The van der Waals surface area contributed by atoms with Crippen molar-refractivity contribution < 1.29 is 17.9 Å². The first-order valence-corrected chi connectivity index (χ1v) is 7.51. The average molecular weight is 301 g/mol. The Morgan fingerprint density at radius 3 is 2.76 bits per heavy atom. The molecule has 1 N–H and O–H groups in total. The van der Waals surface area contributed by atoms with Crippen molar-refractivity contribution in [3.63, 3.8) is 0 Å². The summed E-state index contributed by atoms with van der Waals surface area (Å²) in [6, 6.07) is 8.10. The molecule has 1 aliphatic rings. The first-order valence-electron chi connectivity index (χ1n) is 7.51. The molecule has 0 radical (unpaired) electrons. The van der Waals surface area contributed by atoms with Gasteiger partial charge in [-0.1, -0.05) is 31.2 Å². The maximum absolute atomic E-state index is 12.3. The second-order valence-electron chi connectivity index (χ2n) is 5.40. The molecule has 1 aromatic carbocycles. The van der Waals surface area contributed by atoms with Crippen LogP contribution >= 0.6 is 0 Å². The van der Waals surface area contributed by atoms with Crippen LogP contribution in [0.25, 0.3) is 0 Å². The first-order chi connectivity index (χ1) is 10.0. The third kappa shape index (κ3) is 4.71. The number of halogens is 3. The highest BCUT2D eigenvalue weighted by Crippen LogP contribution is 2.31. The molecule has 2 unspecified atom stereocenters. The lowest BCUT2D eigenvalue weighted by Crippen LogP contribution is -2.34. The minimum atomic E-state index is -4.16. The molecule has 5 heteroatoms. The summed E-state index contributed by atoms with van der Waals surface area (Å²) in [5.41, 5.74) is 2.43. The van der Waals surface area contributed by atoms with Gasteiger partial charge >= 0.3 is 6.18 Å². The van der Waals surface area contributed by atoms with Crippen LogP contribution in [0.15, 0.2) is 24.3 Å². The maximum atomic E-state index is 12.3. The molecule has 0 amide bonds. The summed E-state index contributed by atoms with van der Waals surface area (Å²) < 4.78 is 42.4. The monoisotopic (exact) mass is 301 g/mol. The highest BCUT2D eigenvalue weighted by molar-refractivity contribution is 5.32. The van der Waals surface area contributed by atoms with E-state index in [2.05, 4.69) is 11.4 Å². The fourth-order valence-electron chi connectivity index (χ4n) is 2.89. The number of nitrogens with one attached hydrogen (secondary N) is 1. The Morgan fingerprint density at radius 2 is 2.05 bits per heavy atom. The van der Waals surface area contributed by atoms with E-state index in [9.17, 15) is 13.2 Å². The van der Waals surface area contributed by atoms with E-state index in [0.717, 1.165) is 31.4 Å². The van der Waals surface area contributed by atoms with Crippen LogP contribution in [0, 0.1) is 0 Å². The van der Waals surface area contributed by atoms with Gasteiger partial charge in [0.15, 0.2) is 0 Å². The fraction of sp³-hybridized carbons (Fsp3) is 0.625. The fourth-order valence-corrected chi connectivity index (χ4v) is 2.89. The number of benzene rings is 1. The van der Waals surface area contributed by atoms with Gasteiger partial charge in [-0.25, -0.2) is 0 Å². The van der Waals surface area contributed by atoms with E-state index in [1.165, 1.54) is 5.56 Å². The van der Waals surface area contributed by atoms with E-state index in [0.29, 0.717) is 0 Å². The van der Waals surface area contributed by atoms with E-state index in [1.54, 1.807) is 0 Å². The van der Waals surface area contributed by atoms with Crippen molar-refractivity contribution >= 4 is 0 Å². The number of alkyl halides is 3. The van der Waals surface area contributed by atoms with E-state index < -0.39 is 12.6 Å². The van der Waals surface area contributed by atoms with Gasteiger partial charge in [0.25, 0.3) is 0 Å². The van der Waals surface area contributed by atoms with Gasteiger partial charge in [0, 0.05) is 0 Å². The summed E-state index contributed by atoms with van der Waals surface area (Å²) in [7, 11) is 0. The molecule has 0 saturated carbocycles. The largest absolute Gasteiger partial charge is 0.391 e. The zero-order valence-corrected chi connectivity index (χ0v) is 12.2. The topological polar surface area (TPSA) is 21.3 Å². The number of ether oxygens (including phenoxy) is 1. The van der Waals surface area contributed by atoms with Gasteiger partial charge in [0.05, 0.1) is 25.2 Å². The van der Waals surface area contributed by atoms with E-state index in [1.807, 2.05) is 25.1 Å². The molecule has 0 fully saturated rings. The normalized spacial score (nSPS) is 22.7. The molecule has 0 spiro atoms. The summed E-state index contributed by atoms with van der Waals surface area (Å²) in [4.78, 5) is 0. The van der Waals surface area contributed by atoms with Gasteiger partial charge < -0.3 is 10.1 Å². The molecule has 0 aliphatic heterocycles. The van der Waals surface area contributed by atoms with Crippen molar-refractivity contribution in [2.24, 2.45) is 0 Å². The predicted octanol–water partition coefficient (Wildman–Crippen LogP) is 4.01. The van der Waals surface area contributed by atoms with Crippen LogP contribution in [0.3, 0.4) is 0 Å². The van der Waals surface area contributed by atoms with Crippen LogP contribution in [0.2, 0.25) is 0 Å². The van der Waals surface area contributed by atoms with Crippen LogP contribution < -0.4 is 5.32 Å². The molecule has 118 valence electrons. The van der Waals surface area contributed by atoms with Crippen LogP contribution in [0.1, 0.15) is 43.4 Å². The highest BCUT2D eigenvalue weighted by atomic mass is 19.4. The number of hydrogen-bond donors (Lipinski definition) is 1. The molecular weight excluding hydrogens is 279 g/mol. The average Bonchev–Trinajstić information content (AvgIpc) is 2.59. The molecule has 0 heterocycles. The predicted molar refractivity (Wildman–Crippen MR) is 76.2 cm³/mol. The lowest BCUT2D eigenvalue weighted by molar-refractivity contribution is -0.150. The molecule has 0 saturated heterocycles. The van der Waals surface area contributed by atoms with Crippen molar-refractivity contribution in [2.75, 3.05) is 13.2 Å². The smallest absolute Gasteiger partial charge is 0.376 e. The quantitative estimate of drug-likeness (QED) is 0.830. The van der Waals surface area contributed by atoms with Gasteiger partial charge in [-0.3, -0.25) is 0 Å². The molecule has 21 heavy (non-hydrogen) atoms. The Hall–Kier alpha value is -1.07. The Bertz CT molecular complexity index is 447. The van der Waals surface area contributed by atoms with Gasteiger partial charge in [0.1, 0.15) is 0 Å².